The molecule has 11 N–H and O–H groups in total. The average Bonchev–Trinajstić information content (AvgIpc) is 3.27. The van der Waals surface area contributed by atoms with E-state index in [0.717, 1.165) is 0 Å². The summed E-state index contributed by atoms with van der Waals surface area (Å²) in [4.78, 5) is 88.6. The van der Waals surface area contributed by atoms with Gasteiger partial charge in [-0.25, -0.2) is 9.78 Å². The second-order valence-electron chi connectivity index (χ2n) is 7.61. The fraction of sp³-hybridized carbons (Fsp3) is 0.474. The Morgan fingerprint density at radius 3 is 1.94 bits per heavy atom. The van der Waals surface area contributed by atoms with Gasteiger partial charge >= 0.3 is 17.9 Å². The van der Waals surface area contributed by atoms with Crippen molar-refractivity contribution in [3.63, 3.8) is 0 Å². The van der Waals surface area contributed by atoms with E-state index in [0.29, 0.717) is 5.69 Å². The number of aliphatic carboxylic acids is 3. The highest BCUT2D eigenvalue weighted by molar-refractivity contribution is 5.95. The molecule has 4 amide bonds. The van der Waals surface area contributed by atoms with Gasteiger partial charge in [0.25, 0.3) is 0 Å². The Morgan fingerprint density at radius 2 is 1.44 bits per heavy atom. The number of imidazole rings is 1. The Kier molecular flexibility index (Phi) is 11.5. The Labute approximate surface area is 203 Å². The van der Waals surface area contributed by atoms with Gasteiger partial charge in [-0.2, -0.15) is 0 Å². The van der Waals surface area contributed by atoms with E-state index in [-0.39, 0.29) is 6.42 Å². The summed E-state index contributed by atoms with van der Waals surface area (Å²) in [5.41, 5.74) is 10.9. The van der Waals surface area contributed by atoms with E-state index in [1.165, 1.54) is 12.5 Å². The molecular formula is C19H27N7O10. The maximum atomic E-state index is 13.0. The molecule has 0 saturated carbocycles. The molecule has 0 spiro atoms. The van der Waals surface area contributed by atoms with E-state index in [9.17, 15) is 38.7 Å². The minimum Gasteiger partial charge on any atom is -0.481 e. The smallest absolute Gasteiger partial charge is 0.326 e. The van der Waals surface area contributed by atoms with Crippen LogP contribution in [0, 0.1) is 0 Å². The molecular weight excluding hydrogens is 486 g/mol. The van der Waals surface area contributed by atoms with Gasteiger partial charge in [0.15, 0.2) is 0 Å². The molecule has 0 aromatic carbocycles. The lowest BCUT2D eigenvalue weighted by molar-refractivity contribution is -0.144. The normalized spacial score (nSPS) is 13.9. The average molecular weight is 513 g/mol. The molecule has 1 rings (SSSR count). The van der Waals surface area contributed by atoms with Crippen molar-refractivity contribution in [3.05, 3.63) is 18.2 Å². The quantitative estimate of drug-likeness (QED) is 0.102. The first kappa shape index (κ1) is 29.5. The van der Waals surface area contributed by atoms with Gasteiger partial charge in [0.2, 0.25) is 23.6 Å². The summed E-state index contributed by atoms with van der Waals surface area (Å²) >= 11 is 0. The van der Waals surface area contributed by atoms with Gasteiger partial charge in [0.1, 0.15) is 18.1 Å². The number of rotatable bonds is 16. The predicted molar refractivity (Wildman–Crippen MR) is 117 cm³/mol. The highest BCUT2D eigenvalue weighted by Gasteiger charge is 2.31. The first-order valence-electron chi connectivity index (χ1n) is 10.4. The van der Waals surface area contributed by atoms with Gasteiger partial charge in [-0.3, -0.25) is 28.8 Å². The number of nitrogens with two attached hydrogens (primary N) is 2. The SMILES string of the molecule is NC(=O)CC(NC(=O)C(CCC(=O)O)NC(=O)C(Cc1cnc[nH]1)NC(=O)C(N)CC(=O)O)C(=O)O. The van der Waals surface area contributed by atoms with Crippen molar-refractivity contribution in [2.24, 2.45) is 11.5 Å². The van der Waals surface area contributed by atoms with E-state index < -0.39 is 91.4 Å². The predicted octanol–water partition coefficient (Wildman–Crippen LogP) is -3.97. The molecule has 198 valence electrons. The molecule has 0 saturated heterocycles. The number of nitrogens with zero attached hydrogens (tertiary/aromatic N) is 1. The van der Waals surface area contributed by atoms with Crippen LogP contribution in [-0.4, -0.2) is 91.0 Å². The number of carbonyl (C=O) groups excluding carboxylic acids is 4. The third kappa shape index (κ3) is 10.6. The first-order chi connectivity index (χ1) is 16.8. The fourth-order valence-corrected chi connectivity index (χ4v) is 2.87. The van der Waals surface area contributed by atoms with Crippen LogP contribution in [0.3, 0.4) is 0 Å². The van der Waals surface area contributed by atoms with Gasteiger partial charge in [0, 0.05) is 24.7 Å². The van der Waals surface area contributed by atoms with Crippen LogP contribution in [0.4, 0.5) is 0 Å². The first-order valence-corrected chi connectivity index (χ1v) is 10.4. The number of nitrogens with one attached hydrogen (secondary N) is 4. The summed E-state index contributed by atoms with van der Waals surface area (Å²) in [6, 6.07) is -6.25. The lowest BCUT2D eigenvalue weighted by atomic mass is 10.1. The van der Waals surface area contributed by atoms with Crippen molar-refractivity contribution in [3.8, 4) is 0 Å². The van der Waals surface area contributed by atoms with Crippen molar-refractivity contribution in [1.29, 1.82) is 0 Å². The number of primary amides is 1. The summed E-state index contributed by atoms with van der Waals surface area (Å²) in [6.45, 7) is 0. The van der Waals surface area contributed by atoms with E-state index in [1.807, 2.05) is 5.32 Å². The molecule has 0 aliphatic carbocycles. The highest BCUT2D eigenvalue weighted by Crippen LogP contribution is 2.05. The third-order valence-electron chi connectivity index (χ3n) is 4.64. The van der Waals surface area contributed by atoms with Crippen LogP contribution in [0.25, 0.3) is 0 Å². The Balaban J connectivity index is 3.10. The van der Waals surface area contributed by atoms with Gasteiger partial charge in [0.05, 0.1) is 25.2 Å². The minimum atomic E-state index is -1.74. The maximum Gasteiger partial charge on any atom is 0.326 e. The lowest BCUT2D eigenvalue weighted by Gasteiger charge is -2.24. The zero-order valence-electron chi connectivity index (χ0n) is 18.8. The van der Waals surface area contributed by atoms with Crippen LogP contribution in [0.2, 0.25) is 0 Å². The van der Waals surface area contributed by atoms with Crippen molar-refractivity contribution in [2.45, 2.75) is 56.3 Å². The zero-order valence-corrected chi connectivity index (χ0v) is 18.8. The molecule has 1 aromatic heterocycles. The van der Waals surface area contributed by atoms with Crippen LogP contribution in [-0.2, 0) is 40.0 Å². The van der Waals surface area contributed by atoms with Crippen LogP contribution < -0.4 is 27.4 Å². The summed E-state index contributed by atoms with van der Waals surface area (Å²) in [5, 5.41) is 33.5. The van der Waals surface area contributed by atoms with Gasteiger partial charge in [-0.1, -0.05) is 0 Å². The molecule has 0 bridgehead atoms. The maximum absolute atomic E-state index is 13.0. The molecule has 0 radical (unpaired) electrons. The van der Waals surface area contributed by atoms with E-state index in [2.05, 4.69) is 20.6 Å². The Bertz CT molecular complexity index is 981. The highest BCUT2D eigenvalue weighted by atomic mass is 16.4. The van der Waals surface area contributed by atoms with Crippen molar-refractivity contribution >= 4 is 41.5 Å². The van der Waals surface area contributed by atoms with E-state index in [4.69, 9.17) is 21.7 Å². The second kappa shape index (κ2) is 14.0. The largest absolute Gasteiger partial charge is 0.481 e. The van der Waals surface area contributed by atoms with E-state index >= 15 is 0 Å². The molecule has 17 nitrogen and oxygen atoms in total. The van der Waals surface area contributed by atoms with Crippen molar-refractivity contribution in [1.82, 2.24) is 25.9 Å². The lowest BCUT2D eigenvalue weighted by Crippen LogP contribution is -2.58. The Morgan fingerprint density at radius 1 is 0.861 bits per heavy atom. The van der Waals surface area contributed by atoms with Gasteiger partial charge in [-0.15, -0.1) is 0 Å². The van der Waals surface area contributed by atoms with Crippen LogP contribution >= 0.6 is 0 Å². The number of aromatic nitrogens is 2. The molecule has 0 aliphatic heterocycles. The second-order valence-corrected chi connectivity index (χ2v) is 7.61. The third-order valence-corrected chi connectivity index (χ3v) is 4.64. The number of amides is 4. The molecule has 4 unspecified atom stereocenters. The van der Waals surface area contributed by atoms with Crippen LogP contribution in [0.1, 0.15) is 31.4 Å². The number of H-pyrrole nitrogens is 1. The fourth-order valence-electron chi connectivity index (χ4n) is 2.87. The van der Waals surface area contributed by atoms with Gasteiger partial charge in [-0.05, 0) is 6.42 Å². The molecule has 36 heavy (non-hydrogen) atoms. The van der Waals surface area contributed by atoms with Gasteiger partial charge < -0.3 is 47.7 Å². The number of aromatic amines is 1. The zero-order chi connectivity index (χ0) is 27.4. The molecule has 4 atom stereocenters. The summed E-state index contributed by atoms with van der Waals surface area (Å²) in [6.07, 6.45) is -0.156. The summed E-state index contributed by atoms with van der Waals surface area (Å²) < 4.78 is 0. The minimum absolute atomic E-state index is 0.204. The molecule has 0 aliphatic rings. The monoisotopic (exact) mass is 513 g/mol. The molecule has 1 heterocycles. The molecule has 0 fully saturated rings. The number of carboxylic acids is 3. The topological polar surface area (TPSA) is 297 Å². The molecule has 17 heteroatoms. The number of carbonyl (C=O) groups is 7. The van der Waals surface area contributed by atoms with Crippen molar-refractivity contribution in [2.75, 3.05) is 0 Å². The van der Waals surface area contributed by atoms with Crippen LogP contribution in [0.15, 0.2) is 12.5 Å². The number of carboxylic acid groups (broad SMARTS) is 3. The summed E-state index contributed by atoms with van der Waals surface area (Å²) in [5.74, 6) is -8.41. The van der Waals surface area contributed by atoms with E-state index in [1.54, 1.807) is 0 Å². The standard InChI is InChI=1S/C19H27N7O10/c20-9(4-15(30)31)16(32)25-11(3-8-6-22-7-23-8)18(34)24-10(1-2-14(28)29)17(33)26-12(19(35)36)5-13(21)27/h6-7,9-12H,1-5,20H2,(H2,21,27)(H,22,23)(H,24,34)(H,25,32)(H,26,33)(H,28,29)(H,30,31)(H,35,36). The number of hydrogen-bond donors (Lipinski definition) is 9. The van der Waals surface area contributed by atoms with Crippen LogP contribution in [0.5, 0.6) is 0 Å². The number of hydrogen-bond acceptors (Lipinski definition) is 9. The Hall–Kier alpha value is -4.54. The summed E-state index contributed by atoms with van der Waals surface area (Å²) in [7, 11) is 0. The molecule has 1 aromatic rings. The van der Waals surface area contributed by atoms with Crippen molar-refractivity contribution < 1.29 is 48.9 Å².